The molecule has 0 fully saturated rings. The van der Waals surface area contributed by atoms with Crippen LogP contribution in [0, 0.1) is 11.3 Å². The van der Waals surface area contributed by atoms with Gasteiger partial charge in [-0.1, -0.05) is 0 Å². The Labute approximate surface area is 122 Å². The number of nitrogens with two attached hydrogens (primary N) is 1. The molecule has 0 unspecified atom stereocenters. The van der Waals surface area contributed by atoms with Crippen molar-refractivity contribution in [3.05, 3.63) is 18.5 Å². The summed E-state index contributed by atoms with van der Waals surface area (Å²) in [4.78, 5) is 14.4. The molecule has 0 aliphatic heterocycles. The van der Waals surface area contributed by atoms with E-state index in [0.29, 0.717) is 38.0 Å². The minimum absolute atomic E-state index is 0.102. The van der Waals surface area contributed by atoms with Crippen molar-refractivity contribution in [3.8, 4) is 12.0 Å². The second-order valence-electron chi connectivity index (χ2n) is 4.13. The van der Waals surface area contributed by atoms with E-state index in [1.54, 1.807) is 25.6 Å². The highest BCUT2D eigenvalue weighted by Gasteiger charge is 2.13. The van der Waals surface area contributed by atoms with Crippen LogP contribution in [0.5, 0.6) is 0 Å². The normalized spacial score (nSPS) is 10.3. The molecule has 2 rings (SSSR count). The van der Waals surface area contributed by atoms with Crippen molar-refractivity contribution in [3.63, 3.8) is 0 Å². The average molecular weight is 288 g/mol. The molecule has 0 bridgehead atoms. The maximum Gasteiger partial charge on any atom is 0.257 e. The van der Waals surface area contributed by atoms with E-state index in [9.17, 15) is 0 Å². The van der Waals surface area contributed by atoms with E-state index in [2.05, 4.69) is 26.1 Å². The van der Waals surface area contributed by atoms with E-state index in [1.165, 1.54) is 4.68 Å². The number of anilines is 2. The first kappa shape index (κ1) is 14.7. The number of aromatic nitrogens is 5. The second-order valence-corrected chi connectivity index (χ2v) is 4.13. The molecule has 0 saturated heterocycles. The second kappa shape index (κ2) is 7.16. The van der Waals surface area contributed by atoms with Crippen molar-refractivity contribution >= 4 is 11.9 Å². The molecule has 0 saturated carbocycles. The molecule has 0 amide bonds. The number of nitriles is 1. The smallest absolute Gasteiger partial charge is 0.257 e. The van der Waals surface area contributed by atoms with Gasteiger partial charge in [-0.2, -0.15) is 25.3 Å². The van der Waals surface area contributed by atoms with Crippen LogP contribution in [0.1, 0.15) is 6.42 Å². The predicted molar refractivity (Wildman–Crippen MR) is 75.7 cm³/mol. The molecular formula is C12H16N8O. The van der Waals surface area contributed by atoms with Crippen LogP contribution in [0.2, 0.25) is 0 Å². The van der Waals surface area contributed by atoms with Crippen LogP contribution in [0.3, 0.4) is 0 Å². The fraction of sp³-hybridized carbons (Fsp3) is 0.417. The Hall–Kier alpha value is -2.73. The molecule has 21 heavy (non-hydrogen) atoms. The Morgan fingerprint density at radius 2 is 2.24 bits per heavy atom. The van der Waals surface area contributed by atoms with E-state index in [4.69, 9.17) is 15.7 Å². The summed E-state index contributed by atoms with van der Waals surface area (Å²) in [7, 11) is 1.61. The summed E-state index contributed by atoms with van der Waals surface area (Å²) >= 11 is 0. The fourth-order valence-electron chi connectivity index (χ4n) is 1.70. The molecule has 2 aromatic rings. The van der Waals surface area contributed by atoms with E-state index in [0.717, 1.165) is 0 Å². The molecule has 0 radical (unpaired) electrons. The van der Waals surface area contributed by atoms with Crippen molar-refractivity contribution in [2.45, 2.75) is 6.42 Å². The molecule has 0 aliphatic rings. The van der Waals surface area contributed by atoms with Gasteiger partial charge < -0.3 is 15.4 Å². The minimum atomic E-state index is 0.102. The van der Waals surface area contributed by atoms with Gasteiger partial charge in [0.1, 0.15) is 0 Å². The SMILES string of the molecule is COCCN(CCC#N)c1nc(N)nc(-n2cccn2)n1. The first-order valence-corrected chi connectivity index (χ1v) is 6.37. The molecule has 110 valence electrons. The molecule has 0 spiro atoms. The molecule has 0 aromatic carbocycles. The Morgan fingerprint density at radius 3 is 2.90 bits per heavy atom. The maximum absolute atomic E-state index is 8.75. The van der Waals surface area contributed by atoms with Crippen LogP contribution in [0.25, 0.3) is 5.95 Å². The lowest BCUT2D eigenvalue weighted by molar-refractivity contribution is 0.205. The van der Waals surface area contributed by atoms with Gasteiger partial charge in [0.05, 0.1) is 19.1 Å². The third kappa shape index (κ3) is 3.87. The van der Waals surface area contributed by atoms with Gasteiger partial charge in [-0.15, -0.1) is 0 Å². The van der Waals surface area contributed by atoms with Gasteiger partial charge in [0.25, 0.3) is 5.95 Å². The molecule has 0 atom stereocenters. The molecule has 0 aliphatic carbocycles. The first-order chi connectivity index (χ1) is 10.2. The summed E-state index contributed by atoms with van der Waals surface area (Å²) in [5, 5.41) is 12.8. The van der Waals surface area contributed by atoms with E-state index < -0.39 is 0 Å². The van der Waals surface area contributed by atoms with Crippen LogP contribution in [-0.2, 0) is 4.74 Å². The Kier molecular flexibility index (Phi) is 5.00. The number of nitrogens with zero attached hydrogens (tertiary/aromatic N) is 7. The lowest BCUT2D eigenvalue weighted by Crippen LogP contribution is -2.30. The van der Waals surface area contributed by atoms with Crippen molar-refractivity contribution in [1.82, 2.24) is 24.7 Å². The van der Waals surface area contributed by atoms with Gasteiger partial charge in [0.15, 0.2) is 0 Å². The largest absolute Gasteiger partial charge is 0.383 e. The van der Waals surface area contributed by atoms with Gasteiger partial charge in [-0.05, 0) is 6.07 Å². The lowest BCUT2D eigenvalue weighted by atomic mass is 10.4. The molecule has 2 heterocycles. The average Bonchev–Trinajstić information content (AvgIpc) is 3.01. The molecule has 9 heteroatoms. The molecular weight excluding hydrogens is 272 g/mol. The van der Waals surface area contributed by atoms with Gasteiger partial charge in [-0.25, -0.2) is 4.68 Å². The maximum atomic E-state index is 8.75. The Balaban J connectivity index is 2.29. The highest BCUT2D eigenvalue weighted by atomic mass is 16.5. The third-order valence-electron chi connectivity index (χ3n) is 2.68. The standard InChI is InChI=1S/C12H16N8O/c1-21-9-8-19(6-2-4-13)11-16-10(14)17-12(18-11)20-7-3-5-15-20/h3,5,7H,2,6,8-9H2,1H3,(H2,14,16,17,18). The molecule has 9 nitrogen and oxygen atoms in total. The van der Waals surface area contributed by atoms with Crippen LogP contribution in [0.4, 0.5) is 11.9 Å². The van der Waals surface area contributed by atoms with Crippen molar-refractivity contribution in [2.75, 3.05) is 37.4 Å². The summed E-state index contributed by atoms with van der Waals surface area (Å²) in [6, 6.07) is 3.86. The van der Waals surface area contributed by atoms with Gasteiger partial charge in [0, 0.05) is 32.6 Å². The predicted octanol–water partition coefficient (Wildman–Crippen LogP) is 0.00598. The van der Waals surface area contributed by atoms with E-state index in [-0.39, 0.29) is 5.95 Å². The highest BCUT2D eigenvalue weighted by Crippen LogP contribution is 2.11. The monoisotopic (exact) mass is 288 g/mol. The fourth-order valence-corrected chi connectivity index (χ4v) is 1.70. The van der Waals surface area contributed by atoms with Crippen molar-refractivity contribution < 1.29 is 4.74 Å². The number of hydrogen-bond acceptors (Lipinski definition) is 8. The van der Waals surface area contributed by atoms with Crippen molar-refractivity contribution in [1.29, 1.82) is 5.26 Å². The Morgan fingerprint density at radius 1 is 1.38 bits per heavy atom. The Bertz CT molecular complexity index is 606. The third-order valence-corrected chi connectivity index (χ3v) is 2.68. The van der Waals surface area contributed by atoms with Crippen LogP contribution < -0.4 is 10.6 Å². The summed E-state index contributed by atoms with van der Waals surface area (Å²) in [5.74, 6) is 0.840. The number of ether oxygens (including phenoxy) is 1. The topological polar surface area (TPSA) is 119 Å². The first-order valence-electron chi connectivity index (χ1n) is 6.37. The highest BCUT2D eigenvalue weighted by molar-refractivity contribution is 5.37. The zero-order valence-corrected chi connectivity index (χ0v) is 11.7. The van der Waals surface area contributed by atoms with Crippen LogP contribution >= 0.6 is 0 Å². The van der Waals surface area contributed by atoms with E-state index in [1.807, 2.05) is 4.90 Å². The van der Waals surface area contributed by atoms with Gasteiger partial charge in [-0.3, -0.25) is 0 Å². The van der Waals surface area contributed by atoms with Crippen LogP contribution in [-0.4, -0.2) is 51.5 Å². The summed E-state index contributed by atoms with van der Waals surface area (Å²) in [5.41, 5.74) is 5.73. The zero-order chi connectivity index (χ0) is 15.1. The zero-order valence-electron chi connectivity index (χ0n) is 11.7. The van der Waals surface area contributed by atoms with E-state index >= 15 is 0 Å². The minimum Gasteiger partial charge on any atom is -0.383 e. The van der Waals surface area contributed by atoms with Crippen molar-refractivity contribution in [2.24, 2.45) is 0 Å². The van der Waals surface area contributed by atoms with Crippen LogP contribution in [0.15, 0.2) is 18.5 Å². The summed E-state index contributed by atoms with van der Waals surface area (Å²) in [6.45, 7) is 1.54. The number of methoxy groups -OCH3 is 1. The number of nitrogen functional groups attached to an aromatic ring is 1. The van der Waals surface area contributed by atoms with Gasteiger partial charge in [0.2, 0.25) is 11.9 Å². The molecule has 2 N–H and O–H groups in total. The molecule has 2 aromatic heterocycles. The quantitative estimate of drug-likeness (QED) is 0.756. The lowest BCUT2D eigenvalue weighted by Gasteiger charge is -2.21. The summed E-state index contributed by atoms with van der Waals surface area (Å²) < 4.78 is 6.56. The summed E-state index contributed by atoms with van der Waals surface area (Å²) in [6.07, 6.45) is 3.69. The van der Waals surface area contributed by atoms with Gasteiger partial charge >= 0.3 is 0 Å². The number of hydrogen-bond donors (Lipinski definition) is 1. The number of rotatable bonds is 7.